The summed E-state index contributed by atoms with van der Waals surface area (Å²) < 4.78 is 6.23. The standard InChI is InChI=1S/C12H22OSi/c1-4-9-12(5-2)13-14(3)10-7-6-8-11-14/h12H,5-8,10-11H2,1-3H3. The molecule has 0 aromatic carbocycles. The fourth-order valence-corrected chi connectivity index (χ4v) is 5.53. The summed E-state index contributed by atoms with van der Waals surface area (Å²) in [6.07, 6.45) is 5.39. The highest BCUT2D eigenvalue weighted by atomic mass is 28.4. The first-order chi connectivity index (χ1) is 6.70. The van der Waals surface area contributed by atoms with Crippen LogP contribution in [0.2, 0.25) is 18.6 Å². The Morgan fingerprint density at radius 1 is 1.29 bits per heavy atom. The highest BCUT2D eigenvalue weighted by Crippen LogP contribution is 2.30. The van der Waals surface area contributed by atoms with Crippen molar-refractivity contribution in [2.24, 2.45) is 0 Å². The second-order valence-electron chi connectivity index (χ2n) is 4.42. The van der Waals surface area contributed by atoms with Gasteiger partial charge < -0.3 is 4.43 Å². The lowest BCUT2D eigenvalue weighted by Gasteiger charge is -2.33. The van der Waals surface area contributed by atoms with Gasteiger partial charge in [-0.15, -0.1) is 5.92 Å². The smallest absolute Gasteiger partial charge is 0.191 e. The van der Waals surface area contributed by atoms with Gasteiger partial charge in [0.1, 0.15) is 6.10 Å². The maximum absolute atomic E-state index is 6.23. The number of hydrogen-bond acceptors (Lipinski definition) is 1. The quantitative estimate of drug-likeness (QED) is 0.511. The van der Waals surface area contributed by atoms with Gasteiger partial charge in [-0.05, 0) is 32.0 Å². The topological polar surface area (TPSA) is 9.23 Å². The van der Waals surface area contributed by atoms with Crippen molar-refractivity contribution < 1.29 is 4.43 Å². The molecule has 0 aromatic heterocycles. The second kappa shape index (κ2) is 5.58. The molecule has 0 spiro atoms. The van der Waals surface area contributed by atoms with Crippen molar-refractivity contribution in [1.82, 2.24) is 0 Å². The summed E-state index contributed by atoms with van der Waals surface area (Å²) in [7, 11) is -1.36. The van der Waals surface area contributed by atoms with Gasteiger partial charge in [-0.25, -0.2) is 0 Å². The first-order valence-corrected chi connectivity index (χ1v) is 8.62. The molecule has 0 saturated carbocycles. The molecule has 1 heterocycles. The summed E-state index contributed by atoms with van der Waals surface area (Å²) in [5.41, 5.74) is 0. The van der Waals surface area contributed by atoms with Crippen LogP contribution in [0.5, 0.6) is 0 Å². The summed E-state index contributed by atoms with van der Waals surface area (Å²) in [6.45, 7) is 6.44. The molecule has 1 fully saturated rings. The van der Waals surface area contributed by atoms with Crippen molar-refractivity contribution in [1.29, 1.82) is 0 Å². The number of hydrogen-bond donors (Lipinski definition) is 0. The van der Waals surface area contributed by atoms with Crippen LogP contribution < -0.4 is 0 Å². The molecule has 1 aliphatic rings. The molecule has 80 valence electrons. The Bertz CT molecular complexity index is 220. The Morgan fingerprint density at radius 2 is 1.93 bits per heavy atom. The highest BCUT2D eigenvalue weighted by Gasteiger charge is 2.32. The highest BCUT2D eigenvalue weighted by molar-refractivity contribution is 6.72. The lowest BCUT2D eigenvalue weighted by Crippen LogP contribution is -2.39. The minimum Gasteiger partial charge on any atom is -0.404 e. The van der Waals surface area contributed by atoms with E-state index < -0.39 is 8.32 Å². The van der Waals surface area contributed by atoms with Gasteiger partial charge in [0.15, 0.2) is 8.32 Å². The van der Waals surface area contributed by atoms with E-state index in [0.717, 1.165) is 6.42 Å². The SMILES string of the molecule is CC#CC(CC)O[Si]1(C)CCCCC1. The first kappa shape index (κ1) is 11.8. The molecule has 1 unspecified atom stereocenters. The van der Waals surface area contributed by atoms with Crippen LogP contribution in [-0.2, 0) is 4.43 Å². The lowest BCUT2D eigenvalue weighted by molar-refractivity contribution is 0.235. The lowest BCUT2D eigenvalue weighted by atomic mass is 10.3. The molecule has 0 N–H and O–H groups in total. The molecule has 2 heteroatoms. The van der Waals surface area contributed by atoms with Crippen LogP contribution in [0.3, 0.4) is 0 Å². The molecule has 1 nitrogen and oxygen atoms in total. The molecule has 0 aliphatic carbocycles. The van der Waals surface area contributed by atoms with Crippen molar-refractivity contribution in [3.8, 4) is 11.8 Å². The fourth-order valence-electron chi connectivity index (χ4n) is 2.14. The Labute approximate surface area is 89.4 Å². The average Bonchev–Trinajstić information content (AvgIpc) is 2.18. The van der Waals surface area contributed by atoms with Gasteiger partial charge in [0.05, 0.1) is 0 Å². The third-order valence-corrected chi connectivity index (χ3v) is 6.69. The van der Waals surface area contributed by atoms with E-state index in [1.165, 1.54) is 31.4 Å². The Hall–Kier alpha value is -0.263. The van der Waals surface area contributed by atoms with Crippen LogP contribution in [0.1, 0.15) is 39.5 Å². The molecule has 14 heavy (non-hydrogen) atoms. The van der Waals surface area contributed by atoms with Gasteiger partial charge in [-0.2, -0.15) is 0 Å². The van der Waals surface area contributed by atoms with E-state index in [2.05, 4.69) is 25.3 Å². The van der Waals surface area contributed by atoms with Crippen LogP contribution in [0, 0.1) is 11.8 Å². The summed E-state index contributed by atoms with van der Waals surface area (Å²) in [6, 6.07) is 2.68. The average molecular weight is 210 g/mol. The van der Waals surface area contributed by atoms with E-state index in [-0.39, 0.29) is 6.10 Å². The minimum absolute atomic E-state index is 0.203. The van der Waals surface area contributed by atoms with E-state index >= 15 is 0 Å². The maximum Gasteiger partial charge on any atom is 0.191 e. The van der Waals surface area contributed by atoms with Crippen LogP contribution in [0.25, 0.3) is 0 Å². The molecular formula is C12H22OSi. The molecule has 0 amide bonds. The normalized spacial score (nSPS) is 22.2. The predicted molar refractivity (Wildman–Crippen MR) is 63.7 cm³/mol. The number of rotatable bonds is 3. The second-order valence-corrected chi connectivity index (χ2v) is 8.56. The molecule has 1 saturated heterocycles. The summed E-state index contributed by atoms with van der Waals surface area (Å²) in [5.74, 6) is 6.14. The minimum atomic E-state index is -1.36. The third kappa shape index (κ3) is 3.47. The van der Waals surface area contributed by atoms with Gasteiger partial charge in [0, 0.05) is 0 Å². The van der Waals surface area contributed by atoms with E-state index in [4.69, 9.17) is 4.43 Å². The zero-order valence-corrected chi connectivity index (χ0v) is 10.7. The van der Waals surface area contributed by atoms with Gasteiger partial charge in [0.2, 0.25) is 0 Å². The van der Waals surface area contributed by atoms with Crippen LogP contribution in [0.15, 0.2) is 0 Å². The van der Waals surface area contributed by atoms with E-state index in [0.29, 0.717) is 0 Å². The van der Waals surface area contributed by atoms with Gasteiger partial charge >= 0.3 is 0 Å². The fraction of sp³-hybridized carbons (Fsp3) is 0.833. The van der Waals surface area contributed by atoms with Crippen molar-refractivity contribution in [2.45, 2.75) is 64.3 Å². The Balaban J connectivity index is 2.49. The zero-order chi connectivity index (χ0) is 10.4. The summed E-state index contributed by atoms with van der Waals surface area (Å²) in [4.78, 5) is 0. The molecule has 0 aromatic rings. The molecule has 0 radical (unpaired) electrons. The van der Waals surface area contributed by atoms with Crippen LogP contribution in [0.4, 0.5) is 0 Å². The van der Waals surface area contributed by atoms with Crippen LogP contribution >= 0.6 is 0 Å². The van der Waals surface area contributed by atoms with E-state index in [1.54, 1.807) is 0 Å². The van der Waals surface area contributed by atoms with Crippen molar-refractivity contribution in [3.05, 3.63) is 0 Å². The van der Waals surface area contributed by atoms with Crippen molar-refractivity contribution in [3.63, 3.8) is 0 Å². The van der Waals surface area contributed by atoms with Gasteiger partial charge in [-0.3, -0.25) is 0 Å². The predicted octanol–water partition coefficient (Wildman–Crippen LogP) is 3.56. The monoisotopic (exact) mass is 210 g/mol. The Kier molecular flexibility index (Phi) is 4.70. The summed E-state index contributed by atoms with van der Waals surface area (Å²) >= 11 is 0. The molecule has 0 bridgehead atoms. The third-order valence-electron chi connectivity index (χ3n) is 3.01. The molecule has 1 atom stereocenters. The Morgan fingerprint density at radius 3 is 2.43 bits per heavy atom. The van der Waals surface area contributed by atoms with E-state index in [9.17, 15) is 0 Å². The zero-order valence-electron chi connectivity index (χ0n) is 9.73. The maximum atomic E-state index is 6.23. The van der Waals surface area contributed by atoms with Crippen molar-refractivity contribution in [2.75, 3.05) is 0 Å². The first-order valence-electron chi connectivity index (χ1n) is 5.80. The van der Waals surface area contributed by atoms with Gasteiger partial charge in [-0.1, -0.05) is 32.1 Å². The summed E-state index contributed by atoms with van der Waals surface area (Å²) in [5, 5.41) is 0. The van der Waals surface area contributed by atoms with Crippen LogP contribution in [-0.4, -0.2) is 14.4 Å². The van der Waals surface area contributed by atoms with Gasteiger partial charge in [0.25, 0.3) is 0 Å². The van der Waals surface area contributed by atoms with E-state index in [1.807, 2.05) is 6.92 Å². The molecule has 1 rings (SSSR count). The van der Waals surface area contributed by atoms with Crippen molar-refractivity contribution >= 4 is 8.32 Å². The molecule has 1 aliphatic heterocycles. The largest absolute Gasteiger partial charge is 0.404 e. The molecular weight excluding hydrogens is 188 g/mol.